The standard InChI is InChI=1S/C40H69N5O7/c1-14-26(6)35(44(11)40(50)33(24(2)3)42-39(49)34(25(4)5)43(9)10)31(51-12)23-32(46)45-22-18-21-30(45)37(52-13)27(7)38(48)41-28(8)36(47)29-19-16-15-17-20-29/h15-17,19-20,24-28,30-31,33-37,47H,14,18,21-23H2,1-13H3,(H,41,48)(H,42,49)/t26-,27+,28+,30-,31?,33-,34?,35-,36?,37+/m0/s1. The van der Waals surface area contributed by atoms with Crippen molar-refractivity contribution in [1.29, 1.82) is 0 Å². The number of rotatable bonds is 20. The first-order valence-electron chi connectivity index (χ1n) is 19.0. The topological polar surface area (TPSA) is 141 Å². The van der Waals surface area contributed by atoms with Gasteiger partial charge in [-0.05, 0) is 57.2 Å². The van der Waals surface area contributed by atoms with Crippen LogP contribution < -0.4 is 10.6 Å². The first-order valence-corrected chi connectivity index (χ1v) is 19.0. The zero-order valence-electron chi connectivity index (χ0n) is 34.1. The molecule has 12 nitrogen and oxygen atoms in total. The van der Waals surface area contributed by atoms with E-state index in [-0.39, 0.29) is 53.8 Å². The number of methoxy groups -OCH3 is 2. The summed E-state index contributed by atoms with van der Waals surface area (Å²) < 4.78 is 11.9. The highest BCUT2D eigenvalue weighted by Crippen LogP contribution is 2.30. The summed E-state index contributed by atoms with van der Waals surface area (Å²) in [5.74, 6) is -1.57. The molecule has 1 fully saturated rings. The fourth-order valence-corrected chi connectivity index (χ4v) is 7.78. The molecule has 2 rings (SSSR count). The van der Waals surface area contributed by atoms with E-state index in [2.05, 4.69) is 10.6 Å². The van der Waals surface area contributed by atoms with Gasteiger partial charge in [-0.1, -0.05) is 85.2 Å². The second-order valence-electron chi connectivity index (χ2n) is 15.6. The molecule has 1 aromatic rings. The molecule has 0 aliphatic carbocycles. The van der Waals surface area contributed by atoms with Crippen LogP contribution >= 0.6 is 0 Å². The van der Waals surface area contributed by atoms with Gasteiger partial charge in [-0.2, -0.15) is 0 Å². The molecule has 1 aliphatic rings. The number of likely N-dealkylation sites (tertiary alicyclic amines) is 1. The molecule has 296 valence electrons. The molecule has 1 aromatic carbocycles. The Bertz CT molecular complexity index is 1270. The van der Waals surface area contributed by atoms with Crippen LogP contribution in [0, 0.1) is 23.7 Å². The van der Waals surface area contributed by atoms with E-state index >= 15 is 0 Å². The van der Waals surface area contributed by atoms with E-state index in [0.717, 1.165) is 12.8 Å². The molecule has 10 atom stereocenters. The number of amides is 4. The first-order chi connectivity index (χ1) is 24.4. The Labute approximate surface area is 313 Å². The van der Waals surface area contributed by atoms with Crippen molar-refractivity contribution in [3.63, 3.8) is 0 Å². The summed E-state index contributed by atoms with van der Waals surface area (Å²) in [5, 5.41) is 16.8. The van der Waals surface area contributed by atoms with Crippen LogP contribution in [-0.4, -0.2) is 128 Å². The maximum Gasteiger partial charge on any atom is 0.245 e. The molecule has 1 aliphatic heterocycles. The first kappa shape index (κ1) is 45.1. The van der Waals surface area contributed by atoms with Crippen LogP contribution in [0.25, 0.3) is 0 Å². The van der Waals surface area contributed by atoms with Crippen LogP contribution in [0.3, 0.4) is 0 Å². The SMILES string of the molecule is CC[C@H](C)[C@@H](C(CC(=O)N1CCC[C@H]1[C@H](OC)[C@@H](C)C(=O)N[C@H](C)C(O)c1ccccc1)OC)N(C)C(=O)[C@@H](NC(=O)C(C(C)C)N(C)C)C(C)C. The van der Waals surface area contributed by atoms with Crippen LogP contribution in [0.5, 0.6) is 0 Å². The molecule has 52 heavy (non-hydrogen) atoms. The summed E-state index contributed by atoms with van der Waals surface area (Å²) in [4.78, 5) is 60.6. The van der Waals surface area contributed by atoms with Crippen LogP contribution in [0.4, 0.5) is 0 Å². The number of carbonyl (C=O) groups is 4. The second kappa shape index (κ2) is 21.0. The number of hydrogen-bond acceptors (Lipinski definition) is 8. The van der Waals surface area contributed by atoms with Gasteiger partial charge in [-0.15, -0.1) is 0 Å². The van der Waals surface area contributed by atoms with E-state index < -0.39 is 48.4 Å². The molecular formula is C40H69N5O7. The van der Waals surface area contributed by atoms with E-state index in [4.69, 9.17) is 9.47 Å². The van der Waals surface area contributed by atoms with Gasteiger partial charge in [-0.25, -0.2) is 0 Å². The second-order valence-corrected chi connectivity index (χ2v) is 15.6. The molecule has 3 N–H and O–H groups in total. The fourth-order valence-electron chi connectivity index (χ4n) is 7.78. The van der Waals surface area contributed by atoms with Gasteiger partial charge in [0.25, 0.3) is 0 Å². The minimum absolute atomic E-state index is 0.0153. The highest BCUT2D eigenvalue weighted by molar-refractivity contribution is 5.90. The highest BCUT2D eigenvalue weighted by Gasteiger charge is 2.43. The Hall–Kier alpha value is -3.06. The van der Waals surface area contributed by atoms with Crippen LogP contribution in [-0.2, 0) is 28.7 Å². The molecule has 12 heteroatoms. The van der Waals surface area contributed by atoms with E-state index in [1.165, 1.54) is 0 Å². The molecule has 0 radical (unpaired) electrons. The third-order valence-electron chi connectivity index (χ3n) is 10.9. The van der Waals surface area contributed by atoms with Crippen molar-refractivity contribution in [2.24, 2.45) is 23.7 Å². The number of ether oxygens (including phenoxy) is 2. The van der Waals surface area contributed by atoms with Crippen LogP contribution in [0.1, 0.15) is 92.7 Å². The zero-order valence-corrected chi connectivity index (χ0v) is 34.1. The van der Waals surface area contributed by atoms with E-state index in [1.54, 1.807) is 44.9 Å². The maximum atomic E-state index is 14.2. The number of benzene rings is 1. The summed E-state index contributed by atoms with van der Waals surface area (Å²) in [6, 6.07) is 6.72. The Balaban J connectivity index is 2.25. The van der Waals surface area contributed by atoms with Gasteiger partial charge < -0.3 is 35.0 Å². The Morgan fingerprint density at radius 3 is 2.02 bits per heavy atom. The van der Waals surface area contributed by atoms with Crippen LogP contribution in [0.2, 0.25) is 0 Å². The number of aliphatic hydroxyl groups excluding tert-OH is 1. The summed E-state index contributed by atoms with van der Waals surface area (Å²) in [7, 11) is 8.57. The number of likely N-dealkylation sites (N-methyl/N-ethyl adjacent to an activating group) is 2. The van der Waals surface area contributed by atoms with Gasteiger partial charge in [0.1, 0.15) is 6.04 Å². The third kappa shape index (κ3) is 11.5. The number of nitrogens with one attached hydrogen (secondary N) is 2. The van der Waals surface area contributed by atoms with Gasteiger partial charge in [0.05, 0.1) is 54.8 Å². The van der Waals surface area contributed by atoms with E-state index in [9.17, 15) is 24.3 Å². The predicted molar refractivity (Wildman–Crippen MR) is 204 cm³/mol. The van der Waals surface area contributed by atoms with Crippen molar-refractivity contribution in [3.05, 3.63) is 35.9 Å². The summed E-state index contributed by atoms with van der Waals surface area (Å²) in [6.07, 6.45) is 0.148. The van der Waals surface area contributed by atoms with Crippen LogP contribution in [0.15, 0.2) is 30.3 Å². The lowest BCUT2D eigenvalue weighted by molar-refractivity contribution is -0.148. The minimum atomic E-state index is -0.876. The Kier molecular flexibility index (Phi) is 18.2. The molecule has 4 amide bonds. The average Bonchev–Trinajstić information content (AvgIpc) is 3.59. The van der Waals surface area contributed by atoms with Crippen molar-refractivity contribution in [2.75, 3.05) is 41.9 Å². The molecule has 0 saturated carbocycles. The number of hydrogen-bond donors (Lipinski definition) is 3. The Morgan fingerprint density at radius 1 is 0.904 bits per heavy atom. The van der Waals surface area contributed by atoms with E-state index in [1.807, 2.05) is 90.9 Å². The smallest absolute Gasteiger partial charge is 0.245 e. The monoisotopic (exact) mass is 732 g/mol. The van der Waals surface area contributed by atoms with Gasteiger partial charge in [0, 0.05) is 27.8 Å². The quantitative estimate of drug-likeness (QED) is 0.184. The lowest BCUT2D eigenvalue weighted by atomic mass is 9.89. The number of carbonyl (C=O) groups excluding carboxylic acids is 4. The average molecular weight is 732 g/mol. The van der Waals surface area contributed by atoms with Crippen molar-refractivity contribution < 1.29 is 33.8 Å². The molecule has 0 aromatic heterocycles. The minimum Gasteiger partial charge on any atom is -0.386 e. The lowest BCUT2D eigenvalue weighted by Gasteiger charge is -2.41. The number of nitrogens with zero attached hydrogens (tertiary/aromatic N) is 3. The van der Waals surface area contributed by atoms with Gasteiger partial charge in [0.2, 0.25) is 23.6 Å². The molecule has 0 spiro atoms. The summed E-state index contributed by atoms with van der Waals surface area (Å²) >= 11 is 0. The maximum absolute atomic E-state index is 14.2. The molecule has 0 bridgehead atoms. The van der Waals surface area contributed by atoms with Gasteiger partial charge in [0.15, 0.2) is 0 Å². The predicted octanol–water partition coefficient (Wildman–Crippen LogP) is 3.87. The zero-order chi connectivity index (χ0) is 39.4. The fraction of sp³-hybridized carbons (Fsp3) is 0.750. The molecular weight excluding hydrogens is 662 g/mol. The van der Waals surface area contributed by atoms with Crippen molar-refractivity contribution in [1.82, 2.24) is 25.3 Å². The van der Waals surface area contributed by atoms with Crippen molar-refractivity contribution >= 4 is 23.6 Å². The third-order valence-corrected chi connectivity index (χ3v) is 10.9. The lowest BCUT2D eigenvalue weighted by Crippen LogP contribution is -2.59. The van der Waals surface area contributed by atoms with Gasteiger partial charge >= 0.3 is 0 Å². The largest absolute Gasteiger partial charge is 0.386 e. The van der Waals surface area contributed by atoms with Crippen molar-refractivity contribution in [3.8, 4) is 0 Å². The number of aliphatic hydroxyl groups is 1. The van der Waals surface area contributed by atoms with Gasteiger partial charge in [-0.3, -0.25) is 24.1 Å². The summed E-state index contributed by atoms with van der Waals surface area (Å²) in [5.41, 5.74) is 0.711. The normalized spacial score (nSPS) is 20.1. The molecule has 1 heterocycles. The highest BCUT2D eigenvalue weighted by atomic mass is 16.5. The Morgan fingerprint density at radius 2 is 1.52 bits per heavy atom. The molecule has 3 unspecified atom stereocenters. The van der Waals surface area contributed by atoms with E-state index in [0.29, 0.717) is 18.5 Å². The molecule has 1 saturated heterocycles. The summed E-state index contributed by atoms with van der Waals surface area (Å²) in [6.45, 7) is 16.0. The van der Waals surface area contributed by atoms with Crippen molar-refractivity contribution in [2.45, 2.75) is 130 Å².